The molecule has 0 aliphatic carbocycles. The molecule has 3 heteroatoms. The van der Waals surface area contributed by atoms with Crippen molar-refractivity contribution in [3.8, 4) is 0 Å². The van der Waals surface area contributed by atoms with Gasteiger partial charge in [-0.25, -0.2) is 4.79 Å². The Morgan fingerprint density at radius 1 is 1.47 bits per heavy atom. The van der Waals surface area contributed by atoms with Gasteiger partial charge in [0.1, 0.15) is 0 Å². The van der Waals surface area contributed by atoms with Crippen molar-refractivity contribution in [1.82, 2.24) is 0 Å². The van der Waals surface area contributed by atoms with Gasteiger partial charge in [-0.15, -0.1) is 0 Å². The molecule has 0 heterocycles. The van der Waals surface area contributed by atoms with Crippen LogP contribution >= 0.6 is 11.6 Å². The normalized spacial score (nSPS) is 10.1. The van der Waals surface area contributed by atoms with Crippen molar-refractivity contribution >= 4 is 17.6 Å². The second kappa shape index (κ2) is 5.56. The lowest BCUT2D eigenvalue weighted by Crippen LogP contribution is -2.07. The lowest BCUT2D eigenvalue weighted by atomic mass is 10.1. The fourth-order valence-corrected chi connectivity index (χ4v) is 1.27. The second-order valence-corrected chi connectivity index (χ2v) is 3.57. The summed E-state index contributed by atoms with van der Waals surface area (Å²) in [5.41, 5.74) is 1.05. The summed E-state index contributed by atoms with van der Waals surface area (Å²) in [4.78, 5) is 10.9. The number of carbonyl (C=O) groups is 1. The van der Waals surface area contributed by atoms with Gasteiger partial charge in [0.15, 0.2) is 6.10 Å². The minimum Gasteiger partial charge on any atom is -0.452 e. The maximum Gasteiger partial charge on any atom is 0.330 e. The minimum absolute atomic E-state index is 0.429. The van der Waals surface area contributed by atoms with Gasteiger partial charge in [0, 0.05) is 17.5 Å². The van der Waals surface area contributed by atoms with Crippen molar-refractivity contribution in [1.29, 1.82) is 0 Å². The number of hydrogen-bond donors (Lipinski definition) is 0. The van der Waals surface area contributed by atoms with E-state index in [1.165, 1.54) is 0 Å². The Morgan fingerprint density at radius 2 is 2.07 bits per heavy atom. The molecule has 79 valence electrons. The molecule has 0 unspecified atom stereocenters. The molecule has 1 rings (SSSR count). The number of ether oxygens (including phenoxy) is 1. The molecule has 0 fully saturated rings. The van der Waals surface area contributed by atoms with E-state index in [1.807, 2.05) is 12.1 Å². The highest BCUT2D eigenvalue weighted by Gasteiger charge is 2.08. The van der Waals surface area contributed by atoms with Crippen LogP contribution in [0.15, 0.2) is 36.9 Å². The number of benzene rings is 1. The minimum atomic E-state index is -0.429. The molecule has 1 aromatic carbocycles. The summed E-state index contributed by atoms with van der Waals surface area (Å²) in [5, 5.41) is 0.694. The Kier molecular flexibility index (Phi) is 4.37. The van der Waals surface area contributed by atoms with Crippen LogP contribution in [0.2, 0.25) is 5.02 Å². The predicted octanol–water partition coefficient (Wildman–Crippen LogP) is 3.16. The van der Waals surface area contributed by atoms with Crippen molar-refractivity contribution in [2.75, 3.05) is 0 Å². The molecule has 0 amide bonds. The third-order valence-corrected chi connectivity index (χ3v) is 2.06. The molecule has 0 aliphatic rings. The molecule has 2 nitrogen and oxygen atoms in total. The van der Waals surface area contributed by atoms with E-state index in [9.17, 15) is 4.79 Å². The molecule has 1 radical (unpaired) electrons. The van der Waals surface area contributed by atoms with Crippen LogP contribution in [-0.4, -0.2) is 5.97 Å². The summed E-state index contributed by atoms with van der Waals surface area (Å²) in [7, 11) is 0. The molecule has 0 aliphatic heterocycles. The molecular formula is C12H12ClO2. The van der Waals surface area contributed by atoms with Crippen LogP contribution in [0.25, 0.3) is 0 Å². The van der Waals surface area contributed by atoms with Gasteiger partial charge in [0.25, 0.3) is 0 Å². The van der Waals surface area contributed by atoms with E-state index in [4.69, 9.17) is 16.3 Å². The van der Waals surface area contributed by atoms with Gasteiger partial charge < -0.3 is 4.74 Å². The smallest absolute Gasteiger partial charge is 0.330 e. The standard InChI is InChI=1S/C12H12ClO2/c1-3-12(14)15-9(2)8-10-4-6-11(13)7-5-10/h3-7H,1,8H2,2H3. The van der Waals surface area contributed by atoms with Crippen molar-refractivity contribution in [2.24, 2.45) is 0 Å². The van der Waals surface area contributed by atoms with Crippen LogP contribution in [0, 0.1) is 6.10 Å². The topological polar surface area (TPSA) is 26.3 Å². The summed E-state index contributed by atoms with van der Waals surface area (Å²) >= 11 is 5.75. The molecule has 0 aromatic heterocycles. The first-order chi connectivity index (χ1) is 7.11. The molecular weight excluding hydrogens is 212 g/mol. The van der Waals surface area contributed by atoms with Gasteiger partial charge in [-0.3, -0.25) is 0 Å². The summed E-state index contributed by atoms with van der Waals surface area (Å²) in [6.07, 6.45) is 2.38. The SMILES string of the molecule is C=CC(=O)O[C](C)Cc1ccc(Cl)cc1. The maximum absolute atomic E-state index is 10.9. The highest BCUT2D eigenvalue weighted by atomic mass is 35.5. The van der Waals surface area contributed by atoms with E-state index < -0.39 is 5.97 Å². The van der Waals surface area contributed by atoms with Crippen molar-refractivity contribution in [3.63, 3.8) is 0 Å². The van der Waals surface area contributed by atoms with Gasteiger partial charge in [0.05, 0.1) is 0 Å². The lowest BCUT2D eigenvalue weighted by Gasteiger charge is -2.10. The fraction of sp³-hybridized carbons (Fsp3) is 0.167. The predicted molar refractivity (Wildman–Crippen MR) is 60.4 cm³/mol. The van der Waals surface area contributed by atoms with E-state index >= 15 is 0 Å². The monoisotopic (exact) mass is 223 g/mol. The van der Waals surface area contributed by atoms with Crippen LogP contribution in [0.3, 0.4) is 0 Å². The molecule has 0 atom stereocenters. The Hall–Kier alpha value is -1.28. The maximum atomic E-state index is 10.9. The van der Waals surface area contributed by atoms with Crippen LogP contribution < -0.4 is 0 Å². The van der Waals surface area contributed by atoms with E-state index in [0.717, 1.165) is 11.6 Å². The Balaban J connectivity index is 2.51. The summed E-state index contributed by atoms with van der Waals surface area (Å²) in [6, 6.07) is 7.40. The third kappa shape index (κ3) is 4.17. The van der Waals surface area contributed by atoms with Gasteiger partial charge in [-0.05, 0) is 24.6 Å². The zero-order valence-corrected chi connectivity index (χ0v) is 9.25. The molecule has 0 saturated carbocycles. The first-order valence-electron chi connectivity index (χ1n) is 4.53. The van der Waals surface area contributed by atoms with Gasteiger partial charge in [-0.1, -0.05) is 30.3 Å². The Morgan fingerprint density at radius 3 is 2.60 bits per heavy atom. The Bertz CT molecular complexity index is 343. The third-order valence-electron chi connectivity index (χ3n) is 1.81. The highest BCUT2D eigenvalue weighted by molar-refractivity contribution is 6.30. The first kappa shape index (κ1) is 11.8. The number of hydrogen-bond acceptors (Lipinski definition) is 2. The Labute approximate surface area is 94.5 Å². The number of halogens is 1. The van der Waals surface area contributed by atoms with E-state index in [2.05, 4.69) is 6.58 Å². The van der Waals surface area contributed by atoms with Crippen LogP contribution in [0.5, 0.6) is 0 Å². The zero-order chi connectivity index (χ0) is 11.3. The lowest BCUT2D eigenvalue weighted by molar-refractivity contribution is -0.136. The molecule has 0 bridgehead atoms. The van der Waals surface area contributed by atoms with E-state index in [1.54, 1.807) is 19.1 Å². The average molecular weight is 224 g/mol. The van der Waals surface area contributed by atoms with Gasteiger partial charge in [-0.2, -0.15) is 0 Å². The largest absolute Gasteiger partial charge is 0.452 e. The van der Waals surface area contributed by atoms with Gasteiger partial charge in [0.2, 0.25) is 0 Å². The molecule has 0 saturated heterocycles. The van der Waals surface area contributed by atoms with Crippen molar-refractivity contribution in [2.45, 2.75) is 13.3 Å². The van der Waals surface area contributed by atoms with Crippen LogP contribution in [0.4, 0.5) is 0 Å². The summed E-state index contributed by atoms with van der Waals surface area (Å²) < 4.78 is 4.96. The first-order valence-corrected chi connectivity index (χ1v) is 4.90. The molecule has 1 aromatic rings. The molecule has 0 N–H and O–H groups in total. The fourth-order valence-electron chi connectivity index (χ4n) is 1.14. The quantitative estimate of drug-likeness (QED) is 0.579. The molecule has 15 heavy (non-hydrogen) atoms. The van der Waals surface area contributed by atoms with Crippen LogP contribution in [-0.2, 0) is 16.0 Å². The van der Waals surface area contributed by atoms with E-state index in [0.29, 0.717) is 17.5 Å². The van der Waals surface area contributed by atoms with Crippen molar-refractivity contribution in [3.05, 3.63) is 53.6 Å². The molecule has 0 spiro atoms. The summed E-state index contributed by atoms with van der Waals surface area (Å²) in [6.45, 7) is 5.09. The van der Waals surface area contributed by atoms with Gasteiger partial charge >= 0.3 is 5.97 Å². The number of carbonyl (C=O) groups excluding carboxylic acids is 1. The van der Waals surface area contributed by atoms with E-state index in [-0.39, 0.29) is 0 Å². The van der Waals surface area contributed by atoms with Crippen LogP contribution in [0.1, 0.15) is 12.5 Å². The summed E-state index contributed by atoms with van der Waals surface area (Å²) in [5.74, 6) is -0.429. The second-order valence-electron chi connectivity index (χ2n) is 3.13. The highest BCUT2D eigenvalue weighted by Crippen LogP contribution is 2.15. The van der Waals surface area contributed by atoms with Crippen molar-refractivity contribution < 1.29 is 9.53 Å². The zero-order valence-electron chi connectivity index (χ0n) is 8.50. The average Bonchev–Trinajstić information content (AvgIpc) is 2.21. The number of esters is 1. The number of rotatable bonds is 4.